The Kier molecular flexibility index (Phi) is 11.9. The number of nitrogens with zero attached hydrogens (tertiary/aromatic N) is 3. The minimum atomic E-state index is -0.819. The molecule has 12 heteroatoms. The van der Waals surface area contributed by atoms with Crippen LogP contribution in [0.4, 0.5) is 16.3 Å². The summed E-state index contributed by atoms with van der Waals surface area (Å²) in [6, 6.07) is 17.3. The van der Waals surface area contributed by atoms with Crippen LogP contribution in [0.1, 0.15) is 60.1 Å². The van der Waals surface area contributed by atoms with Gasteiger partial charge in [-0.05, 0) is 74.2 Å². The number of benzene rings is 2. The Bertz CT molecular complexity index is 1420. The van der Waals surface area contributed by atoms with Crippen LogP contribution in [0.15, 0.2) is 67.0 Å². The second-order valence-corrected chi connectivity index (χ2v) is 11.9. The highest BCUT2D eigenvalue weighted by atomic mass is 16.3. The number of rotatable bonds is 14. The molecule has 3 aromatic rings. The van der Waals surface area contributed by atoms with Gasteiger partial charge in [-0.1, -0.05) is 48.9 Å². The smallest absolute Gasteiger partial charge is 0.323 e. The number of hydrogen-bond donors (Lipinski definition) is 6. The number of likely N-dealkylation sites (tertiary alicyclic amines) is 1. The number of carbonyl (C=O) groups is 3. The van der Waals surface area contributed by atoms with Gasteiger partial charge in [0.1, 0.15) is 0 Å². The van der Waals surface area contributed by atoms with E-state index in [0.29, 0.717) is 38.5 Å². The predicted octanol–water partition coefficient (Wildman–Crippen LogP) is 3.27. The molecule has 1 saturated heterocycles. The second-order valence-electron chi connectivity index (χ2n) is 11.9. The number of aromatic nitrogens is 2. The van der Waals surface area contributed by atoms with E-state index >= 15 is 0 Å². The van der Waals surface area contributed by atoms with E-state index in [-0.39, 0.29) is 35.4 Å². The zero-order valence-electron chi connectivity index (χ0n) is 26.1. The SMILES string of the molecule is O=C(CCCCCNC(O)Nc1ccccc1)NCC1CCN(C(=O)Nc2nccnc2C(=O)NC2Cc3ccccc3C2)CC1. The first-order valence-corrected chi connectivity index (χ1v) is 16.2. The average molecular weight is 629 g/mol. The maximum atomic E-state index is 13.1. The third-order valence-electron chi connectivity index (χ3n) is 8.51. The van der Waals surface area contributed by atoms with Crippen molar-refractivity contribution in [1.82, 2.24) is 30.8 Å². The molecule has 244 valence electrons. The fraction of sp³-hybridized carbons (Fsp3) is 0.441. The lowest BCUT2D eigenvalue weighted by molar-refractivity contribution is -0.121. The Morgan fingerprint density at radius 1 is 0.891 bits per heavy atom. The van der Waals surface area contributed by atoms with Gasteiger partial charge in [0, 0.05) is 50.2 Å². The number of piperidine rings is 1. The third kappa shape index (κ3) is 9.72. The summed E-state index contributed by atoms with van der Waals surface area (Å²) < 4.78 is 0. The summed E-state index contributed by atoms with van der Waals surface area (Å²) in [5, 5.41) is 24.9. The molecule has 5 rings (SSSR count). The first kappa shape index (κ1) is 32.8. The zero-order chi connectivity index (χ0) is 32.1. The Labute approximate surface area is 269 Å². The lowest BCUT2D eigenvalue weighted by atomic mass is 9.97. The highest BCUT2D eigenvalue weighted by Gasteiger charge is 2.27. The van der Waals surface area contributed by atoms with Gasteiger partial charge in [-0.3, -0.25) is 20.2 Å². The molecule has 1 fully saturated rings. The summed E-state index contributed by atoms with van der Waals surface area (Å²) in [7, 11) is 0. The molecule has 1 aromatic heterocycles. The monoisotopic (exact) mass is 628 g/mol. The van der Waals surface area contributed by atoms with E-state index in [0.717, 1.165) is 50.6 Å². The summed E-state index contributed by atoms with van der Waals surface area (Å²) in [6.07, 6.45) is 8.14. The van der Waals surface area contributed by atoms with Crippen molar-refractivity contribution in [3.8, 4) is 0 Å². The number of fused-ring (bicyclic) bond motifs is 1. The molecule has 1 aliphatic heterocycles. The van der Waals surface area contributed by atoms with Gasteiger partial charge in [0.2, 0.25) is 5.91 Å². The summed E-state index contributed by atoms with van der Waals surface area (Å²) in [4.78, 5) is 48.6. The average Bonchev–Trinajstić information content (AvgIpc) is 3.48. The van der Waals surface area contributed by atoms with E-state index in [1.807, 2.05) is 42.5 Å². The van der Waals surface area contributed by atoms with Crippen LogP contribution < -0.4 is 26.6 Å². The van der Waals surface area contributed by atoms with Gasteiger partial charge in [0.25, 0.3) is 5.91 Å². The van der Waals surface area contributed by atoms with Gasteiger partial charge in [0.05, 0.1) is 0 Å². The standard InChI is InChI=1S/C34H44N8O4/c43-29(13-5-2-8-16-37-33(45)40-27-11-3-1-4-12-27)38-23-24-14-19-42(20-15-24)34(46)41-31-30(35-17-18-36-31)32(44)39-28-21-25-9-6-7-10-26(25)22-28/h1,3-4,6-7,9-12,17-18,24,28,33,37,40,45H,2,5,8,13-16,19-23H2,(H,38,43)(H,39,44)(H,36,41,46). The molecule has 0 radical (unpaired) electrons. The van der Waals surface area contributed by atoms with Crippen molar-refractivity contribution < 1.29 is 19.5 Å². The molecule has 1 atom stereocenters. The highest BCUT2D eigenvalue weighted by Crippen LogP contribution is 2.23. The second kappa shape index (κ2) is 16.7. The molecule has 2 aliphatic rings. The molecule has 0 bridgehead atoms. The number of anilines is 2. The normalized spacial score (nSPS) is 15.5. The van der Waals surface area contributed by atoms with Crippen LogP contribution in [0.3, 0.4) is 0 Å². The van der Waals surface area contributed by atoms with Crippen LogP contribution in [-0.4, -0.2) is 76.4 Å². The van der Waals surface area contributed by atoms with Crippen LogP contribution in [0.2, 0.25) is 0 Å². The molecule has 4 amide bonds. The van der Waals surface area contributed by atoms with Crippen molar-refractivity contribution in [2.45, 2.75) is 63.8 Å². The predicted molar refractivity (Wildman–Crippen MR) is 176 cm³/mol. The van der Waals surface area contributed by atoms with Crippen molar-refractivity contribution in [2.24, 2.45) is 5.92 Å². The fourth-order valence-corrected chi connectivity index (χ4v) is 5.95. The van der Waals surface area contributed by atoms with Crippen LogP contribution >= 0.6 is 0 Å². The van der Waals surface area contributed by atoms with Crippen molar-refractivity contribution in [1.29, 1.82) is 0 Å². The number of urea groups is 1. The number of aliphatic hydroxyl groups excluding tert-OH is 1. The van der Waals surface area contributed by atoms with E-state index in [1.165, 1.54) is 23.5 Å². The van der Waals surface area contributed by atoms with E-state index in [9.17, 15) is 19.5 Å². The lowest BCUT2D eigenvalue weighted by Crippen LogP contribution is -2.44. The van der Waals surface area contributed by atoms with Crippen molar-refractivity contribution >= 4 is 29.4 Å². The van der Waals surface area contributed by atoms with Crippen LogP contribution in [-0.2, 0) is 17.6 Å². The van der Waals surface area contributed by atoms with Crippen LogP contribution in [0.25, 0.3) is 0 Å². The largest absolute Gasteiger partial charge is 0.361 e. The molecule has 2 aromatic carbocycles. The van der Waals surface area contributed by atoms with Gasteiger partial charge in [-0.25, -0.2) is 14.8 Å². The van der Waals surface area contributed by atoms with Crippen molar-refractivity contribution in [3.63, 3.8) is 0 Å². The van der Waals surface area contributed by atoms with Crippen LogP contribution in [0, 0.1) is 5.92 Å². The maximum Gasteiger partial charge on any atom is 0.323 e. The topological polar surface area (TPSA) is 161 Å². The quantitative estimate of drug-likeness (QED) is 0.117. The third-order valence-corrected chi connectivity index (χ3v) is 8.51. The molecule has 0 saturated carbocycles. The Morgan fingerprint density at radius 2 is 1.59 bits per heavy atom. The molecule has 1 aliphatic carbocycles. The van der Waals surface area contributed by atoms with E-state index in [2.05, 4.69) is 48.7 Å². The minimum Gasteiger partial charge on any atom is -0.361 e. The van der Waals surface area contributed by atoms with Gasteiger partial charge in [0.15, 0.2) is 17.9 Å². The molecule has 12 nitrogen and oxygen atoms in total. The maximum absolute atomic E-state index is 13.1. The molecule has 6 N–H and O–H groups in total. The summed E-state index contributed by atoms with van der Waals surface area (Å²) in [5.41, 5.74) is 3.41. The zero-order valence-corrected chi connectivity index (χ0v) is 26.1. The Balaban J connectivity index is 0.944. The number of carbonyl (C=O) groups excluding carboxylic acids is 3. The molecule has 1 unspecified atom stereocenters. The van der Waals surface area contributed by atoms with Gasteiger partial charge >= 0.3 is 6.03 Å². The van der Waals surface area contributed by atoms with Crippen molar-refractivity contribution in [2.75, 3.05) is 36.8 Å². The first-order valence-electron chi connectivity index (χ1n) is 16.2. The van der Waals surface area contributed by atoms with E-state index in [1.54, 1.807) is 4.90 Å². The minimum absolute atomic E-state index is 0.0274. The Morgan fingerprint density at radius 3 is 2.33 bits per heavy atom. The number of unbranched alkanes of at least 4 members (excludes halogenated alkanes) is 2. The van der Waals surface area contributed by atoms with E-state index in [4.69, 9.17) is 0 Å². The molecule has 0 spiro atoms. The van der Waals surface area contributed by atoms with Crippen LogP contribution in [0.5, 0.6) is 0 Å². The number of nitrogens with one attached hydrogen (secondary N) is 5. The number of aliphatic hydroxyl groups is 1. The molecular formula is C34H44N8O4. The lowest BCUT2D eigenvalue weighted by Gasteiger charge is -2.32. The summed E-state index contributed by atoms with van der Waals surface area (Å²) in [5.74, 6) is 0.117. The van der Waals surface area contributed by atoms with Gasteiger partial charge < -0.3 is 26.0 Å². The molecule has 46 heavy (non-hydrogen) atoms. The molecular weight excluding hydrogens is 584 g/mol. The summed E-state index contributed by atoms with van der Waals surface area (Å²) >= 11 is 0. The van der Waals surface area contributed by atoms with Crippen molar-refractivity contribution in [3.05, 3.63) is 83.8 Å². The fourth-order valence-electron chi connectivity index (χ4n) is 5.95. The first-order chi connectivity index (χ1) is 22.4. The van der Waals surface area contributed by atoms with Gasteiger partial charge in [-0.2, -0.15) is 0 Å². The molecule has 2 heterocycles. The highest BCUT2D eigenvalue weighted by molar-refractivity contribution is 6.00. The van der Waals surface area contributed by atoms with Gasteiger partial charge in [-0.15, -0.1) is 0 Å². The number of amides is 4. The Hall–Kier alpha value is -4.55. The summed E-state index contributed by atoms with van der Waals surface area (Å²) in [6.45, 7) is 2.33. The number of para-hydroxylation sites is 1. The number of hydrogen-bond acceptors (Lipinski definition) is 8. The van der Waals surface area contributed by atoms with E-state index < -0.39 is 6.35 Å².